The fourth-order valence-electron chi connectivity index (χ4n) is 3.02. The predicted octanol–water partition coefficient (Wildman–Crippen LogP) is 4.80. The molecular formula is C22H19N3O3S. The molecule has 146 valence electrons. The Morgan fingerprint density at radius 2 is 1.97 bits per heavy atom. The van der Waals surface area contributed by atoms with Gasteiger partial charge in [-0.3, -0.25) is 4.79 Å². The number of amides is 1. The second-order valence-electron chi connectivity index (χ2n) is 6.49. The molecule has 0 bridgehead atoms. The number of rotatable bonds is 5. The first-order valence-electron chi connectivity index (χ1n) is 9.18. The number of nitrogens with one attached hydrogen (secondary N) is 1. The van der Waals surface area contributed by atoms with Gasteiger partial charge in [0, 0.05) is 17.1 Å². The summed E-state index contributed by atoms with van der Waals surface area (Å²) in [5, 5.41) is 9.42. The van der Waals surface area contributed by atoms with Crippen molar-refractivity contribution in [3.8, 4) is 11.1 Å². The molecule has 0 spiro atoms. The molecule has 0 aliphatic rings. The van der Waals surface area contributed by atoms with E-state index in [4.69, 9.17) is 4.74 Å². The van der Waals surface area contributed by atoms with E-state index in [1.807, 2.05) is 54.8 Å². The number of esters is 1. The normalized spacial score (nSPS) is 10.8. The Labute approximate surface area is 171 Å². The number of hydrogen-bond donors (Lipinski definition) is 1. The average molecular weight is 405 g/mol. The highest BCUT2D eigenvalue weighted by atomic mass is 32.1. The smallest absolute Gasteiger partial charge is 0.341 e. The minimum atomic E-state index is -0.463. The summed E-state index contributed by atoms with van der Waals surface area (Å²) in [4.78, 5) is 25.4. The van der Waals surface area contributed by atoms with Gasteiger partial charge >= 0.3 is 5.97 Å². The number of nitrogens with zero attached hydrogens (tertiary/aromatic N) is 2. The Kier molecular flexibility index (Phi) is 5.14. The first-order chi connectivity index (χ1) is 14.1. The number of carbonyl (C=O) groups excluding carboxylic acids is 2. The van der Waals surface area contributed by atoms with Gasteiger partial charge in [-0.2, -0.15) is 5.10 Å². The van der Waals surface area contributed by atoms with Gasteiger partial charge in [0.1, 0.15) is 10.6 Å². The van der Waals surface area contributed by atoms with E-state index < -0.39 is 5.97 Å². The molecule has 0 saturated heterocycles. The van der Waals surface area contributed by atoms with Crippen molar-refractivity contribution in [3.05, 3.63) is 76.9 Å². The lowest BCUT2D eigenvalue weighted by atomic mass is 10.0. The van der Waals surface area contributed by atoms with Gasteiger partial charge in [0.25, 0.3) is 5.91 Å². The summed E-state index contributed by atoms with van der Waals surface area (Å²) in [5.41, 5.74) is 4.20. The van der Waals surface area contributed by atoms with Crippen LogP contribution in [0.15, 0.2) is 60.1 Å². The molecule has 0 unspecified atom stereocenters. The summed E-state index contributed by atoms with van der Waals surface area (Å²) in [6.07, 6.45) is 1.77. The summed E-state index contributed by atoms with van der Waals surface area (Å²) in [6, 6.07) is 15.2. The van der Waals surface area contributed by atoms with E-state index in [0.29, 0.717) is 10.6 Å². The lowest BCUT2D eigenvalue weighted by molar-refractivity contribution is 0.0529. The minimum Gasteiger partial charge on any atom is -0.462 e. The first kappa shape index (κ1) is 18.9. The molecule has 0 radical (unpaired) electrons. The highest BCUT2D eigenvalue weighted by molar-refractivity contribution is 7.15. The highest BCUT2D eigenvalue weighted by Crippen LogP contribution is 2.36. The number of aryl methyl sites for hydroxylation is 1. The number of benzene rings is 1. The molecule has 0 saturated carbocycles. The van der Waals surface area contributed by atoms with E-state index in [2.05, 4.69) is 10.4 Å². The van der Waals surface area contributed by atoms with Crippen LogP contribution in [0.4, 0.5) is 5.00 Å². The third kappa shape index (κ3) is 3.77. The predicted molar refractivity (Wildman–Crippen MR) is 114 cm³/mol. The fraction of sp³-hybridized carbons (Fsp3) is 0.136. The van der Waals surface area contributed by atoms with Crippen LogP contribution in [0, 0.1) is 6.92 Å². The van der Waals surface area contributed by atoms with Crippen LogP contribution >= 0.6 is 11.3 Å². The van der Waals surface area contributed by atoms with Crippen LogP contribution in [0.2, 0.25) is 0 Å². The average Bonchev–Trinajstić information content (AvgIpc) is 3.33. The van der Waals surface area contributed by atoms with E-state index in [1.54, 1.807) is 23.7 Å². The molecule has 29 heavy (non-hydrogen) atoms. The molecule has 1 aromatic carbocycles. The number of fused-ring (bicyclic) bond motifs is 1. The zero-order valence-corrected chi connectivity index (χ0v) is 16.8. The van der Waals surface area contributed by atoms with Gasteiger partial charge in [-0.1, -0.05) is 35.9 Å². The maximum atomic E-state index is 12.8. The fourth-order valence-corrected chi connectivity index (χ4v) is 3.97. The lowest BCUT2D eigenvalue weighted by Crippen LogP contribution is -2.15. The molecule has 1 amide bonds. The van der Waals surface area contributed by atoms with Crippen LogP contribution in [0.3, 0.4) is 0 Å². The third-order valence-corrected chi connectivity index (χ3v) is 5.36. The quantitative estimate of drug-likeness (QED) is 0.484. The Balaban J connectivity index is 1.69. The molecule has 1 N–H and O–H groups in total. The second kappa shape index (κ2) is 7.89. The van der Waals surface area contributed by atoms with Crippen molar-refractivity contribution < 1.29 is 14.3 Å². The number of hydrogen-bond acceptors (Lipinski definition) is 5. The van der Waals surface area contributed by atoms with Gasteiger partial charge in [0.2, 0.25) is 0 Å². The summed E-state index contributed by atoms with van der Waals surface area (Å²) in [7, 11) is 0. The van der Waals surface area contributed by atoms with Crippen LogP contribution in [-0.4, -0.2) is 28.1 Å². The maximum absolute atomic E-state index is 12.8. The molecule has 0 aliphatic carbocycles. The minimum absolute atomic E-state index is 0.252. The van der Waals surface area contributed by atoms with Crippen LogP contribution in [0.1, 0.15) is 33.3 Å². The maximum Gasteiger partial charge on any atom is 0.341 e. The van der Waals surface area contributed by atoms with Gasteiger partial charge in [-0.25, -0.2) is 9.31 Å². The van der Waals surface area contributed by atoms with Crippen LogP contribution in [0.5, 0.6) is 0 Å². The van der Waals surface area contributed by atoms with Gasteiger partial charge in [0.05, 0.1) is 12.1 Å². The Morgan fingerprint density at radius 3 is 2.69 bits per heavy atom. The molecular weight excluding hydrogens is 386 g/mol. The van der Waals surface area contributed by atoms with Crippen LogP contribution in [-0.2, 0) is 4.74 Å². The molecule has 6 nitrogen and oxygen atoms in total. The topological polar surface area (TPSA) is 72.7 Å². The van der Waals surface area contributed by atoms with Crippen molar-refractivity contribution >= 4 is 33.7 Å². The SMILES string of the molecule is CCOC(=O)c1c(-c2ccc(C)cc2)csc1NC(=O)c1cc2ccccn2n1. The largest absolute Gasteiger partial charge is 0.462 e. The molecule has 7 heteroatoms. The molecule has 0 atom stereocenters. The zero-order valence-electron chi connectivity index (χ0n) is 16.0. The zero-order chi connectivity index (χ0) is 20.4. The van der Waals surface area contributed by atoms with Crippen molar-refractivity contribution in [3.63, 3.8) is 0 Å². The number of pyridine rings is 1. The number of anilines is 1. The Hall–Kier alpha value is -3.45. The van der Waals surface area contributed by atoms with Crippen molar-refractivity contribution in [1.82, 2.24) is 9.61 Å². The van der Waals surface area contributed by atoms with E-state index in [9.17, 15) is 9.59 Å². The third-order valence-electron chi connectivity index (χ3n) is 4.46. The van der Waals surface area contributed by atoms with E-state index in [1.165, 1.54) is 11.3 Å². The molecule has 4 rings (SSSR count). The van der Waals surface area contributed by atoms with Crippen molar-refractivity contribution in [2.75, 3.05) is 11.9 Å². The Morgan fingerprint density at radius 1 is 1.17 bits per heavy atom. The number of ether oxygens (including phenoxy) is 1. The standard InChI is InChI=1S/C22H19N3O3S/c1-3-28-22(27)19-17(15-9-7-14(2)8-10-15)13-29-21(19)23-20(26)18-12-16-6-4-5-11-25(16)24-18/h4-13H,3H2,1-2H3,(H,23,26). The molecule has 4 aromatic rings. The van der Waals surface area contributed by atoms with Gasteiger partial charge in [-0.05, 0) is 37.6 Å². The number of aromatic nitrogens is 2. The van der Waals surface area contributed by atoms with Crippen LogP contribution < -0.4 is 5.32 Å². The molecule has 0 fully saturated rings. The van der Waals surface area contributed by atoms with E-state index in [-0.39, 0.29) is 18.2 Å². The van der Waals surface area contributed by atoms with E-state index >= 15 is 0 Å². The Bertz CT molecular complexity index is 1160. The number of carbonyl (C=O) groups is 2. The van der Waals surface area contributed by atoms with Gasteiger partial charge in [-0.15, -0.1) is 11.3 Å². The monoisotopic (exact) mass is 405 g/mol. The van der Waals surface area contributed by atoms with Crippen LogP contribution in [0.25, 0.3) is 16.6 Å². The van der Waals surface area contributed by atoms with Crippen molar-refractivity contribution in [2.45, 2.75) is 13.8 Å². The van der Waals surface area contributed by atoms with Crippen molar-refractivity contribution in [2.24, 2.45) is 0 Å². The summed E-state index contributed by atoms with van der Waals surface area (Å²) in [6.45, 7) is 4.01. The summed E-state index contributed by atoms with van der Waals surface area (Å²) < 4.78 is 6.88. The van der Waals surface area contributed by atoms with Gasteiger partial charge in [0.15, 0.2) is 5.69 Å². The van der Waals surface area contributed by atoms with E-state index in [0.717, 1.165) is 22.2 Å². The van der Waals surface area contributed by atoms with Crippen molar-refractivity contribution in [1.29, 1.82) is 0 Å². The highest BCUT2D eigenvalue weighted by Gasteiger charge is 2.23. The summed E-state index contributed by atoms with van der Waals surface area (Å²) >= 11 is 1.29. The molecule has 3 aromatic heterocycles. The number of thiophene rings is 1. The summed E-state index contributed by atoms with van der Waals surface area (Å²) in [5.74, 6) is -0.841. The lowest BCUT2D eigenvalue weighted by Gasteiger charge is -2.08. The molecule has 3 heterocycles. The second-order valence-corrected chi connectivity index (χ2v) is 7.37. The first-order valence-corrected chi connectivity index (χ1v) is 10.1. The molecule has 0 aliphatic heterocycles. The van der Waals surface area contributed by atoms with Gasteiger partial charge < -0.3 is 10.1 Å².